The van der Waals surface area contributed by atoms with Gasteiger partial charge in [-0.2, -0.15) is 0 Å². The molecule has 0 spiro atoms. The Morgan fingerprint density at radius 1 is 0.603 bits per heavy atom. The van der Waals surface area contributed by atoms with E-state index in [2.05, 4.69) is 202 Å². The minimum Gasteiger partial charge on any atom is -0.456 e. The van der Waals surface area contributed by atoms with E-state index in [0.29, 0.717) is 0 Å². The normalized spacial score (nSPS) is 11.9. The van der Waals surface area contributed by atoms with E-state index in [-0.39, 0.29) is 0 Å². The van der Waals surface area contributed by atoms with Gasteiger partial charge in [0.1, 0.15) is 11.2 Å². The molecule has 310 valence electrons. The van der Waals surface area contributed by atoms with Crippen LogP contribution in [0.25, 0.3) is 89.7 Å². The second-order valence-corrected chi connectivity index (χ2v) is 16.0. The van der Waals surface area contributed by atoms with Crippen molar-refractivity contribution in [3.63, 3.8) is 0 Å². The molecular formula is C61H55NO. The third-order valence-corrected chi connectivity index (χ3v) is 11.7. The number of para-hydroxylation sites is 2. The Hall–Kier alpha value is -7.42. The van der Waals surface area contributed by atoms with Crippen LogP contribution < -0.4 is 0 Å². The van der Waals surface area contributed by atoms with Crippen molar-refractivity contribution in [3.8, 4) is 27.9 Å². The topological polar surface area (TPSA) is 18.1 Å². The maximum Gasteiger partial charge on any atom is 0.135 e. The zero-order valence-corrected chi connectivity index (χ0v) is 36.9. The first kappa shape index (κ1) is 42.3. The third kappa shape index (κ3) is 9.13. The van der Waals surface area contributed by atoms with E-state index in [1.54, 1.807) is 0 Å². The number of hydrogen-bond donors (Lipinski definition) is 0. The van der Waals surface area contributed by atoms with Gasteiger partial charge < -0.3 is 8.98 Å². The molecule has 2 heteroatoms. The van der Waals surface area contributed by atoms with Crippen molar-refractivity contribution in [2.45, 2.75) is 47.0 Å². The van der Waals surface area contributed by atoms with Crippen molar-refractivity contribution in [1.29, 1.82) is 0 Å². The van der Waals surface area contributed by atoms with Crippen molar-refractivity contribution in [3.05, 3.63) is 229 Å². The predicted octanol–water partition coefficient (Wildman–Crippen LogP) is 17.9. The van der Waals surface area contributed by atoms with Gasteiger partial charge in [-0.05, 0) is 119 Å². The molecule has 2 nitrogen and oxygen atoms in total. The van der Waals surface area contributed by atoms with E-state index >= 15 is 0 Å². The summed E-state index contributed by atoms with van der Waals surface area (Å²) in [4.78, 5) is 0. The highest BCUT2D eigenvalue weighted by Crippen LogP contribution is 2.35. The summed E-state index contributed by atoms with van der Waals surface area (Å²) in [6.45, 7) is 16.5. The van der Waals surface area contributed by atoms with Crippen LogP contribution in [-0.4, -0.2) is 4.57 Å². The Morgan fingerprint density at radius 3 is 1.83 bits per heavy atom. The Morgan fingerprint density at radius 2 is 1.19 bits per heavy atom. The first-order chi connectivity index (χ1) is 30.9. The molecule has 0 aliphatic heterocycles. The zero-order chi connectivity index (χ0) is 43.7. The largest absolute Gasteiger partial charge is 0.456 e. The Balaban J connectivity index is 0.000000540. The number of aromatic nitrogens is 1. The van der Waals surface area contributed by atoms with Gasteiger partial charge in [0.15, 0.2) is 0 Å². The summed E-state index contributed by atoms with van der Waals surface area (Å²) in [7, 11) is 0. The summed E-state index contributed by atoms with van der Waals surface area (Å²) in [6.07, 6.45) is 14.0. The lowest BCUT2D eigenvalue weighted by atomic mass is 9.93. The fraction of sp³-hybridized carbons (Fsp3) is 0.115. The molecule has 9 rings (SSSR count). The molecule has 0 bridgehead atoms. The first-order valence-corrected chi connectivity index (χ1v) is 22.1. The van der Waals surface area contributed by atoms with Crippen LogP contribution in [0.1, 0.15) is 74.9 Å². The molecule has 0 radical (unpaired) electrons. The molecule has 0 saturated carbocycles. The molecule has 63 heavy (non-hydrogen) atoms. The number of nitrogens with zero attached hydrogens (tertiary/aromatic N) is 1. The van der Waals surface area contributed by atoms with Crippen LogP contribution in [0.3, 0.4) is 0 Å². The summed E-state index contributed by atoms with van der Waals surface area (Å²) < 4.78 is 8.40. The molecule has 0 N–H and O–H groups in total. The van der Waals surface area contributed by atoms with Gasteiger partial charge in [0, 0.05) is 27.4 Å². The molecule has 9 aromatic rings. The second kappa shape index (κ2) is 19.5. The van der Waals surface area contributed by atoms with Crippen molar-refractivity contribution in [1.82, 2.24) is 4.57 Å². The predicted molar refractivity (Wildman–Crippen MR) is 275 cm³/mol. The minimum absolute atomic E-state index is 0.923. The molecule has 0 saturated heterocycles. The SMILES string of the molecule is C=C(C)c1ccccc1.C=Cc1c(/C=C\C)n(-c2ccc(-c3ccc(/C(=C/C(=C/CC)c4ccc(-c5ccc6oc7ccccc7c6c5)cc4)CCC)cc3)cc2)c2ccccc12. The lowest BCUT2D eigenvalue weighted by molar-refractivity contribution is 0.669. The Bertz CT molecular complexity index is 3110. The van der Waals surface area contributed by atoms with Crippen molar-refractivity contribution < 1.29 is 4.42 Å². The van der Waals surface area contributed by atoms with Crippen molar-refractivity contribution >= 4 is 61.7 Å². The van der Waals surface area contributed by atoms with E-state index in [4.69, 9.17) is 4.42 Å². The first-order valence-electron chi connectivity index (χ1n) is 22.1. The minimum atomic E-state index is 0.923. The third-order valence-electron chi connectivity index (χ3n) is 11.7. The van der Waals surface area contributed by atoms with Crippen LogP contribution in [0.5, 0.6) is 0 Å². The summed E-state index contributed by atoms with van der Waals surface area (Å²) in [5.41, 5.74) is 18.7. The number of benzene rings is 7. The van der Waals surface area contributed by atoms with E-state index < -0.39 is 0 Å². The molecular weight excluding hydrogens is 763 g/mol. The fourth-order valence-corrected chi connectivity index (χ4v) is 8.50. The second-order valence-electron chi connectivity index (χ2n) is 16.0. The maximum atomic E-state index is 6.07. The van der Waals surface area contributed by atoms with Crippen LogP contribution in [-0.2, 0) is 0 Å². The molecule has 0 aliphatic carbocycles. The molecule has 0 amide bonds. The highest BCUT2D eigenvalue weighted by atomic mass is 16.3. The van der Waals surface area contributed by atoms with Crippen LogP contribution in [0.4, 0.5) is 0 Å². The van der Waals surface area contributed by atoms with E-state index in [9.17, 15) is 0 Å². The summed E-state index contributed by atoms with van der Waals surface area (Å²) >= 11 is 0. The van der Waals surface area contributed by atoms with Gasteiger partial charge in [-0.15, -0.1) is 0 Å². The molecule has 2 heterocycles. The monoisotopic (exact) mass is 817 g/mol. The van der Waals surface area contributed by atoms with Gasteiger partial charge in [0.2, 0.25) is 0 Å². The number of hydrogen-bond acceptors (Lipinski definition) is 1. The van der Waals surface area contributed by atoms with E-state index in [1.165, 1.54) is 61.0 Å². The maximum absolute atomic E-state index is 6.07. The molecule has 0 fully saturated rings. The highest BCUT2D eigenvalue weighted by Gasteiger charge is 2.15. The van der Waals surface area contributed by atoms with Crippen LogP contribution in [0.15, 0.2) is 206 Å². The standard InChI is InChI=1S/C52H45NO.C9H10/c1-5-13-41(34-42(14-6-2)39-24-26-40(27-25-39)43-30-33-52-48(35-43)47-17-10-12-19-51(47)54-52)38-22-20-36(21-23-38)37-28-31-44(32-29-37)53-49(15-7-3)45(8-4)46-16-9-11-18-50(46)53;1-8(2)9-6-4-3-5-7-9/h7-12,14-35H,4-6,13H2,1-3H3;3-7H,1H2,2H3/b15-7-,41-34+,42-14-;. The number of allylic oxidation sites excluding steroid dienone is 6. The van der Waals surface area contributed by atoms with Gasteiger partial charge in [-0.25, -0.2) is 0 Å². The van der Waals surface area contributed by atoms with Crippen LogP contribution in [0.2, 0.25) is 0 Å². The van der Waals surface area contributed by atoms with E-state index in [0.717, 1.165) is 63.7 Å². The van der Waals surface area contributed by atoms with Gasteiger partial charge in [0.25, 0.3) is 0 Å². The van der Waals surface area contributed by atoms with Gasteiger partial charge in [0.05, 0.1) is 11.2 Å². The molecule has 0 aliphatic rings. The molecule has 7 aromatic carbocycles. The summed E-state index contributed by atoms with van der Waals surface area (Å²) in [6, 6.07) is 60.5. The van der Waals surface area contributed by atoms with Crippen molar-refractivity contribution in [2.24, 2.45) is 0 Å². The van der Waals surface area contributed by atoms with Gasteiger partial charge >= 0.3 is 0 Å². The average Bonchev–Trinajstić information content (AvgIpc) is 3.86. The number of fused-ring (bicyclic) bond motifs is 4. The molecule has 0 unspecified atom stereocenters. The van der Waals surface area contributed by atoms with Crippen molar-refractivity contribution in [2.75, 3.05) is 0 Å². The zero-order valence-electron chi connectivity index (χ0n) is 36.9. The molecule has 0 atom stereocenters. The molecule has 2 aromatic heterocycles. The van der Waals surface area contributed by atoms with E-state index in [1.807, 2.05) is 43.3 Å². The lowest BCUT2D eigenvalue weighted by Crippen LogP contribution is -1.97. The average molecular weight is 818 g/mol. The number of rotatable bonds is 12. The van der Waals surface area contributed by atoms with Crippen LogP contribution >= 0.6 is 0 Å². The van der Waals surface area contributed by atoms with Gasteiger partial charge in [-0.1, -0.05) is 197 Å². The number of furan rings is 1. The smallest absolute Gasteiger partial charge is 0.135 e. The Labute approximate surface area is 373 Å². The van der Waals surface area contributed by atoms with Gasteiger partial charge in [-0.3, -0.25) is 0 Å². The van der Waals surface area contributed by atoms with Crippen LogP contribution in [0, 0.1) is 0 Å². The lowest BCUT2D eigenvalue weighted by Gasteiger charge is -2.13. The quantitative estimate of drug-likeness (QED) is 0.112. The highest BCUT2D eigenvalue weighted by molar-refractivity contribution is 6.06. The summed E-state index contributed by atoms with van der Waals surface area (Å²) in [5, 5.41) is 3.52. The fourth-order valence-electron chi connectivity index (χ4n) is 8.50. The Kier molecular flexibility index (Phi) is 13.1. The summed E-state index contributed by atoms with van der Waals surface area (Å²) in [5.74, 6) is 0.